The van der Waals surface area contributed by atoms with E-state index in [9.17, 15) is 13.2 Å². The SMILES string of the molecule is CC(C)CCC[C@@H](C)[C@H]1CC[C@H]2[C@@H]3CC=C4CC(C(=O)NCC[N+](C)(C)CCCS(=O)(=O)O)CC[C@]4(C)[C@H]3CC[C@]12C. The number of fused-ring (bicyclic) bond motifs is 5. The van der Waals surface area contributed by atoms with Crippen molar-refractivity contribution in [3.05, 3.63) is 11.6 Å². The van der Waals surface area contributed by atoms with Gasteiger partial charge in [0.2, 0.25) is 5.91 Å². The van der Waals surface area contributed by atoms with E-state index < -0.39 is 10.1 Å². The summed E-state index contributed by atoms with van der Waals surface area (Å²) in [5, 5.41) is 3.20. The minimum atomic E-state index is -3.92. The summed E-state index contributed by atoms with van der Waals surface area (Å²) in [6.45, 7) is 14.5. The highest BCUT2D eigenvalue weighted by Crippen LogP contribution is 2.67. The normalized spacial score (nSPS) is 35.6. The Hall–Kier alpha value is -0.920. The zero-order valence-corrected chi connectivity index (χ0v) is 28.8. The van der Waals surface area contributed by atoms with Gasteiger partial charge in [-0.3, -0.25) is 9.35 Å². The lowest BCUT2D eigenvalue weighted by molar-refractivity contribution is -0.889. The highest BCUT2D eigenvalue weighted by atomic mass is 32.2. The number of nitrogens with zero attached hydrogens (tertiary/aromatic N) is 1. The van der Waals surface area contributed by atoms with Gasteiger partial charge in [-0.1, -0.05) is 65.5 Å². The fraction of sp³-hybridized carbons (Fsp3) is 0.914. The number of quaternary nitrogens is 1. The van der Waals surface area contributed by atoms with Gasteiger partial charge in [0, 0.05) is 12.3 Å². The van der Waals surface area contributed by atoms with Crippen LogP contribution in [0.1, 0.15) is 112 Å². The molecule has 0 radical (unpaired) electrons. The van der Waals surface area contributed by atoms with Crippen LogP contribution >= 0.6 is 0 Å². The summed E-state index contributed by atoms with van der Waals surface area (Å²) < 4.78 is 31.7. The molecule has 0 saturated heterocycles. The van der Waals surface area contributed by atoms with E-state index in [2.05, 4.69) is 46.0 Å². The highest BCUT2D eigenvalue weighted by Gasteiger charge is 2.59. The molecule has 3 fully saturated rings. The molecular formula is C35H63N2O4S+. The van der Waals surface area contributed by atoms with Crippen LogP contribution in [0.2, 0.25) is 0 Å². The Bertz CT molecular complexity index is 1080. The Balaban J connectivity index is 1.31. The van der Waals surface area contributed by atoms with Crippen LogP contribution in [-0.2, 0) is 14.9 Å². The number of nitrogens with one attached hydrogen (secondary N) is 1. The van der Waals surface area contributed by atoms with Crippen LogP contribution in [0.5, 0.6) is 0 Å². The second kappa shape index (κ2) is 13.2. The van der Waals surface area contributed by atoms with Gasteiger partial charge in [0.15, 0.2) is 0 Å². The van der Waals surface area contributed by atoms with Gasteiger partial charge in [0.1, 0.15) is 0 Å². The van der Waals surface area contributed by atoms with Crippen LogP contribution in [-0.4, -0.2) is 62.8 Å². The molecule has 6 nitrogen and oxygen atoms in total. The zero-order valence-electron chi connectivity index (χ0n) is 28.0. The number of amides is 1. The molecule has 0 bridgehead atoms. The molecule has 1 amide bonds. The zero-order chi connectivity index (χ0) is 30.9. The molecule has 0 aromatic heterocycles. The van der Waals surface area contributed by atoms with Gasteiger partial charge in [-0.2, -0.15) is 8.42 Å². The predicted molar refractivity (Wildman–Crippen MR) is 172 cm³/mol. The average molecular weight is 608 g/mol. The van der Waals surface area contributed by atoms with E-state index in [-0.39, 0.29) is 23.0 Å². The minimum absolute atomic E-state index is 0.0624. The monoisotopic (exact) mass is 607 g/mol. The predicted octanol–water partition coefficient (Wildman–Crippen LogP) is 7.11. The lowest BCUT2D eigenvalue weighted by atomic mass is 9.46. The fourth-order valence-corrected chi connectivity index (χ4v) is 10.8. The third-order valence-electron chi connectivity index (χ3n) is 12.9. The van der Waals surface area contributed by atoms with Crippen LogP contribution in [0.25, 0.3) is 0 Å². The Morgan fingerprint density at radius 2 is 1.76 bits per heavy atom. The Morgan fingerprint density at radius 1 is 1.02 bits per heavy atom. The number of likely N-dealkylation sites (N-methyl/N-ethyl adjacent to an activating group) is 1. The molecule has 0 aromatic rings. The maximum Gasteiger partial charge on any atom is 0.265 e. The first kappa shape index (κ1) is 34.0. The Labute approximate surface area is 258 Å². The summed E-state index contributed by atoms with van der Waals surface area (Å²) in [6, 6.07) is 0. The molecule has 0 aromatic carbocycles. The summed E-state index contributed by atoms with van der Waals surface area (Å²) in [4.78, 5) is 13.2. The first-order valence-corrected chi connectivity index (χ1v) is 18.9. The van der Waals surface area contributed by atoms with E-state index in [1.54, 1.807) is 5.57 Å². The van der Waals surface area contributed by atoms with Crippen LogP contribution in [0.4, 0.5) is 0 Å². The van der Waals surface area contributed by atoms with Crippen molar-refractivity contribution < 1.29 is 22.2 Å². The number of rotatable bonds is 13. The van der Waals surface area contributed by atoms with Crippen LogP contribution < -0.4 is 5.32 Å². The number of carbonyl (C=O) groups excluding carboxylic acids is 1. The molecule has 0 heterocycles. The molecule has 42 heavy (non-hydrogen) atoms. The lowest BCUT2D eigenvalue weighted by Gasteiger charge is -2.58. The van der Waals surface area contributed by atoms with Crippen molar-refractivity contribution in [2.75, 3.05) is 39.5 Å². The van der Waals surface area contributed by atoms with Gasteiger partial charge < -0.3 is 9.80 Å². The summed E-state index contributed by atoms with van der Waals surface area (Å²) in [6.07, 6.45) is 17.0. The summed E-state index contributed by atoms with van der Waals surface area (Å²) in [7, 11) is 0.163. The Morgan fingerprint density at radius 3 is 2.45 bits per heavy atom. The van der Waals surface area contributed by atoms with E-state index in [0.717, 1.165) is 61.3 Å². The van der Waals surface area contributed by atoms with Gasteiger partial charge in [0.05, 0.1) is 39.5 Å². The summed E-state index contributed by atoms with van der Waals surface area (Å²) in [5.41, 5.74) is 2.33. The molecule has 4 aliphatic rings. The van der Waals surface area contributed by atoms with E-state index >= 15 is 0 Å². The van der Waals surface area contributed by atoms with Crippen molar-refractivity contribution >= 4 is 16.0 Å². The molecule has 0 aliphatic heterocycles. The summed E-state index contributed by atoms with van der Waals surface area (Å²) >= 11 is 0. The lowest BCUT2D eigenvalue weighted by Crippen LogP contribution is -2.51. The van der Waals surface area contributed by atoms with Crippen LogP contribution in [0.3, 0.4) is 0 Å². The van der Waals surface area contributed by atoms with Crippen LogP contribution in [0, 0.1) is 52.3 Å². The van der Waals surface area contributed by atoms with Crippen molar-refractivity contribution in [1.82, 2.24) is 5.32 Å². The average Bonchev–Trinajstić information content (AvgIpc) is 3.24. The number of allylic oxidation sites excluding steroid dienone is 2. The number of hydrogen-bond donors (Lipinski definition) is 2. The molecule has 7 heteroatoms. The minimum Gasteiger partial charge on any atom is -0.350 e. The van der Waals surface area contributed by atoms with Gasteiger partial charge in [-0.25, -0.2) is 0 Å². The third kappa shape index (κ3) is 7.65. The van der Waals surface area contributed by atoms with Gasteiger partial charge in [-0.15, -0.1) is 0 Å². The molecule has 4 aliphatic carbocycles. The maximum atomic E-state index is 13.2. The van der Waals surface area contributed by atoms with E-state index in [1.165, 1.54) is 51.4 Å². The fourth-order valence-electron chi connectivity index (χ4n) is 10.3. The molecular weight excluding hydrogens is 544 g/mol. The van der Waals surface area contributed by atoms with Crippen molar-refractivity contribution in [2.24, 2.45) is 52.3 Å². The van der Waals surface area contributed by atoms with Crippen molar-refractivity contribution in [1.29, 1.82) is 0 Å². The Kier molecular flexibility index (Phi) is 10.7. The molecule has 8 atom stereocenters. The molecule has 3 saturated carbocycles. The topological polar surface area (TPSA) is 83.5 Å². The van der Waals surface area contributed by atoms with Gasteiger partial charge in [-0.05, 0) is 97.7 Å². The number of carbonyl (C=O) groups is 1. The molecule has 0 spiro atoms. The maximum absolute atomic E-state index is 13.2. The second-order valence-corrected chi connectivity index (χ2v) is 18.1. The van der Waals surface area contributed by atoms with Crippen molar-refractivity contribution in [3.63, 3.8) is 0 Å². The van der Waals surface area contributed by atoms with E-state index in [0.29, 0.717) is 29.4 Å². The largest absolute Gasteiger partial charge is 0.350 e. The third-order valence-corrected chi connectivity index (χ3v) is 13.7. The quantitative estimate of drug-likeness (QED) is 0.133. The smallest absolute Gasteiger partial charge is 0.265 e. The highest BCUT2D eigenvalue weighted by molar-refractivity contribution is 7.85. The van der Waals surface area contributed by atoms with Crippen molar-refractivity contribution in [2.45, 2.75) is 112 Å². The van der Waals surface area contributed by atoms with E-state index in [1.807, 2.05) is 14.1 Å². The summed E-state index contributed by atoms with van der Waals surface area (Å²) in [5.74, 6) is 5.03. The number of hydrogen-bond acceptors (Lipinski definition) is 3. The van der Waals surface area contributed by atoms with Gasteiger partial charge >= 0.3 is 0 Å². The molecule has 1 unspecified atom stereocenters. The first-order valence-electron chi connectivity index (χ1n) is 17.3. The van der Waals surface area contributed by atoms with Crippen molar-refractivity contribution in [3.8, 4) is 0 Å². The standard InChI is InChI=1S/C35H62N2O4S/c1-25(2)10-8-11-26(3)30-14-15-31-29-13-12-28-24-27(16-18-34(28,4)32(29)17-19-35(30,31)5)33(38)36-20-22-37(6,7)21-9-23-42(39,40)41/h12,25-27,29-32H,8-11,13-24H2,1-7H3,(H-,36,38,39,40,41)/p+1/t26-,27?,29+,30-,31+,32+,34+,35-/m1/s1. The molecule has 2 N–H and O–H groups in total. The first-order chi connectivity index (χ1) is 19.6. The molecule has 242 valence electrons. The van der Waals surface area contributed by atoms with E-state index in [4.69, 9.17) is 4.55 Å². The second-order valence-electron chi connectivity index (χ2n) is 16.5. The molecule has 4 rings (SSSR count). The van der Waals surface area contributed by atoms with Crippen LogP contribution in [0.15, 0.2) is 11.6 Å². The van der Waals surface area contributed by atoms with Gasteiger partial charge in [0.25, 0.3) is 10.1 Å².